The van der Waals surface area contributed by atoms with Gasteiger partial charge >= 0.3 is 0 Å². The second-order valence-corrected chi connectivity index (χ2v) is 3.27. The average Bonchev–Trinajstić information content (AvgIpc) is 2.59. The molecule has 0 saturated carbocycles. The summed E-state index contributed by atoms with van der Waals surface area (Å²) >= 11 is 1.66. The maximum Gasteiger partial charge on any atom is 0.0793 e. The van der Waals surface area contributed by atoms with Gasteiger partial charge in [0.1, 0.15) is 0 Å². The summed E-state index contributed by atoms with van der Waals surface area (Å²) in [5.41, 5.74) is 0.698. The quantitative estimate of drug-likeness (QED) is 0.434. The fourth-order valence-electron chi connectivity index (χ4n) is 0.786. The monoisotopic (exact) mass is 181 g/mol. The molecule has 0 amide bonds. The van der Waals surface area contributed by atoms with Crippen molar-refractivity contribution >= 4 is 23.1 Å². The van der Waals surface area contributed by atoms with Crippen molar-refractivity contribution in [3.05, 3.63) is 28.5 Å². The number of nitrogens with zero attached hydrogens (tertiary/aromatic N) is 1. The predicted molar refractivity (Wildman–Crippen MR) is 52.9 cm³/mol. The molecule has 2 nitrogen and oxygen atoms in total. The number of oxime groups is 1. The molecule has 0 aliphatic carbocycles. The van der Waals surface area contributed by atoms with Crippen LogP contribution < -0.4 is 0 Å². The van der Waals surface area contributed by atoms with Crippen LogP contribution >= 0.6 is 11.3 Å². The predicted octanol–water partition coefficient (Wildman–Crippen LogP) is 3.00. The van der Waals surface area contributed by atoms with E-state index in [1.807, 2.05) is 36.6 Å². The molecule has 0 saturated heterocycles. The van der Waals surface area contributed by atoms with Crippen LogP contribution in [0.15, 0.2) is 28.7 Å². The molecule has 1 rings (SSSR count). The Morgan fingerprint density at radius 3 is 3.08 bits per heavy atom. The van der Waals surface area contributed by atoms with Crippen LogP contribution in [-0.2, 0) is 0 Å². The Bertz CT molecular complexity index is 275. The molecule has 0 atom stereocenters. The standard InChI is InChI=1S/C9H11NOS/c1-2-8(10-11)5-6-9-4-3-7-12-9/h3-7,11H,2H2,1H3. The minimum absolute atomic E-state index is 0.698. The minimum Gasteiger partial charge on any atom is -0.411 e. The number of hydrogen-bond donors (Lipinski definition) is 1. The molecule has 0 aliphatic heterocycles. The van der Waals surface area contributed by atoms with Crippen LogP contribution in [0.25, 0.3) is 6.08 Å². The molecule has 3 heteroatoms. The van der Waals surface area contributed by atoms with Gasteiger partial charge < -0.3 is 5.21 Å². The number of thiophene rings is 1. The topological polar surface area (TPSA) is 32.6 Å². The van der Waals surface area contributed by atoms with Crippen LogP contribution in [0.5, 0.6) is 0 Å². The fraction of sp³-hybridized carbons (Fsp3) is 0.222. The summed E-state index contributed by atoms with van der Waals surface area (Å²) < 4.78 is 0. The van der Waals surface area contributed by atoms with Crippen LogP contribution in [0, 0.1) is 0 Å². The fourth-order valence-corrected chi connectivity index (χ4v) is 1.40. The maximum atomic E-state index is 8.49. The highest BCUT2D eigenvalue weighted by atomic mass is 32.1. The van der Waals surface area contributed by atoms with E-state index in [4.69, 9.17) is 5.21 Å². The van der Waals surface area contributed by atoms with Crippen molar-refractivity contribution in [2.75, 3.05) is 0 Å². The smallest absolute Gasteiger partial charge is 0.0793 e. The molecule has 0 fully saturated rings. The van der Waals surface area contributed by atoms with Gasteiger partial charge in [0.2, 0.25) is 0 Å². The second-order valence-electron chi connectivity index (χ2n) is 2.29. The third-order valence-corrected chi connectivity index (χ3v) is 2.31. The van der Waals surface area contributed by atoms with Crippen molar-refractivity contribution in [1.82, 2.24) is 0 Å². The van der Waals surface area contributed by atoms with Gasteiger partial charge in [0, 0.05) is 4.88 Å². The Balaban J connectivity index is 2.62. The number of hydrogen-bond acceptors (Lipinski definition) is 3. The molecule has 0 bridgehead atoms. The molecule has 0 aliphatic rings. The first kappa shape index (κ1) is 9.00. The van der Waals surface area contributed by atoms with E-state index in [0.717, 1.165) is 6.42 Å². The molecule has 1 aromatic rings. The van der Waals surface area contributed by atoms with E-state index in [-0.39, 0.29) is 0 Å². The van der Waals surface area contributed by atoms with Gasteiger partial charge in [0.15, 0.2) is 0 Å². The van der Waals surface area contributed by atoms with Gasteiger partial charge in [-0.3, -0.25) is 0 Å². The van der Waals surface area contributed by atoms with Gasteiger partial charge in [-0.2, -0.15) is 0 Å². The third-order valence-electron chi connectivity index (χ3n) is 1.47. The highest BCUT2D eigenvalue weighted by Crippen LogP contribution is 2.10. The van der Waals surface area contributed by atoms with Gasteiger partial charge in [-0.1, -0.05) is 18.1 Å². The molecule has 1 N–H and O–H groups in total. The highest BCUT2D eigenvalue weighted by molar-refractivity contribution is 7.10. The van der Waals surface area contributed by atoms with Gasteiger partial charge in [0.25, 0.3) is 0 Å². The van der Waals surface area contributed by atoms with E-state index in [1.54, 1.807) is 11.3 Å². The Hall–Kier alpha value is -1.09. The average molecular weight is 181 g/mol. The van der Waals surface area contributed by atoms with Gasteiger partial charge in [-0.25, -0.2) is 0 Å². The molecular weight excluding hydrogens is 170 g/mol. The summed E-state index contributed by atoms with van der Waals surface area (Å²) in [6.45, 7) is 1.95. The van der Waals surface area contributed by atoms with Crippen molar-refractivity contribution in [2.45, 2.75) is 13.3 Å². The van der Waals surface area contributed by atoms with Crippen LogP contribution in [0.3, 0.4) is 0 Å². The van der Waals surface area contributed by atoms with Crippen LogP contribution in [0.2, 0.25) is 0 Å². The van der Waals surface area contributed by atoms with Crippen LogP contribution in [0.4, 0.5) is 0 Å². The van der Waals surface area contributed by atoms with E-state index in [1.165, 1.54) is 4.88 Å². The maximum absolute atomic E-state index is 8.49. The summed E-state index contributed by atoms with van der Waals surface area (Å²) in [6, 6.07) is 4.01. The Kier molecular flexibility index (Phi) is 3.54. The molecular formula is C9H11NOS. The number of allylic oxidation sites excluding steroid dienone is 1. The summed E-state index contributed by atoms with van der Waals surface area (Å²) in [4.78, 5) is 1.17. The zero-order valence-electron chi connectivity index (χ0n) is 6.90. The third kappa shape index (κ3) is 2.51. The lowest BCUT2D eigenvalue weighted by Crippen LogP contribution is -1.88. The zero-order chi connectivity index (χ0) is 8.81. The molecule has 0 aromatic carbocycles. The Labute approximate surface area is 75.9 Å². The van der Waals surface area contributed by atoms with E-state index in [9.17, 15) is 0 Å². The zero-order valence-corrected chi connectivity index (χ0v) is 7.71. The van der Waals surface area contributed by atoms with Gasteiger partial charge in [-0.05, 0) is 30.0 Å². The van der Waals surface area contributed by atoms with Gasteiger partial charge in [-0.15, -0.1) is 11.3 Å². The Morgan fingerprint density at radius 1 is 1.75 bits per heavy atom. The van der Waals surface area contributed by atoms with E-state index in [0.29, 0.717) is 5.71 Å². The largest absolute Gasteiger partial charge is 0.411 e. The second kappa shape index (κ2) is 4.72. The Morgan fingerprint density at radius 2 is 2.58 bits per heavy atom. The van der Waals surface area contributed by atoms with Crippen LogP contribution in [0.1, 0.15) is 18.2 Å². The number of rotatable bonds is 3. The van der Waals surface area contributed by atoms with Crippen molar-refractivity contribution in [3.8, 4) is 0 Å². The highest BCUT2D eigenvalue weighted by Gasteiger charge is 1.90. The first-order chi connectivity index (χ1) is 5.86. The van der Waals surface area contributed by atoms with E-state index >= 15 is 0 Å². The lowest BCUT2D eigenvalue weighted by Gasteiger charge is -1.89. The summed E-state index contributed by atoms with van der Waals surface area (Å²) in [7, 11) is 0. The first-order valence-corrected chi connectivity index (χ1v) is 4.67. The molecule has 64 valence electrons. The summed E-state index contributed by atoms with van der Waals surface area (Å²) in [6.07, 6.45) is 4.52. The molecule has 12 heavy (non-hydrogen) atoms. The normalized spacial score (nSPS) is 12.6. The van der Waals surface area contributed by atoms with Crippen molar-refractivity contribution in [2.24, 2.45) is 5.16 Å². The van der Waals surface area contributed by atoms with E-state index < -0.39 is 0 Å². The minimum atomic E-state index is 0.698. The molecule has 1 heterocycles. The van der Waals surface area contributed by atoms with Crippen molar-refractivity contribution in [3.63, 3.8) is 0 Å². The first-order valence-electron chi connectivity index (χ1n) is 3.79. The summed E-state index contributed by atoms with van der Waals surface area (Å²) in [5.74, 6) is 0. The lowest BCUT2D eigenvalue weighted by atomic mass is 10.2. The molecule has 0 radical (unpaired) electrons. The molecule has 0 unspecified atom stereocenters. The lowest BCUT2D eigenvalue weighted by molar-refractivity contribution is 0.318. The summed E-state index contributed by atoms with van der Waals surface area (Å²) in [5, 5.41) is 13.7. The molecule has 0 spiro atoms. The van der Waals surface area contributed by atoms with Crippen LogP contribution in [-0.4, -0.2) is 10.9 Å². The van der Waals surface area contributed by atoms with E-state index in [2.05, 4.69) is 5.16 Å². The van der Waals surface area contributed by atoms with Crippen molar-refractivity contribution < 1.29 is 5.21 Å². The van der Waals surface area contributed by atoms with Gasteiger partial charge in [0.05, 0.1) is 5.71 Å². The SMILES string of the molecule is CCC(C=Cc1cccs1)=NO. The molecule has 1 aromatic heterocycles. The van der Waals surface area contributed by atoms with Crippen molar-refractivity contribution in [1.29, 1.82) is 0 Å².